The van der Waals surface area contributed by atoms with Crippen molar-refractivity contribution in [3.63, 3.8) is 0 Å². The summed E-state index contributed by atoms with van der Waals surface area (Å²) in [7, 11) is 3.28. The third-order valence-corrected chi connectivity index (χ3v) is 6.28. The van der Waals surface area contributed by atoms with Crippen molar-refractivity contribution in [3.8, 4) is 5.75 Å². The molecule has 0 bridgehead atoms. The molecule has 172 valence electrons. The van der Waals surface area contributed by atoms with E-state index in [-0.39, 0.29) is 24.2 Å². The molecule has 2 N–H and O–H groups in total. The number of anilines is 1. The monoisotopic (exact) mass is 449 g/mol. The largest absolute Gasteiger partial charge is 0.496 e. The molecule has 0 saturated heterocycles. The highest BCUT2D eigenvalue weighted by Crippen LogP contribution is 2.34. The zero-order valence-electron chi connectivity index (χ0n) is 19.0. The van der Waals surface area contributed by atoms with Crippen molar-refractivity contribution in [1.29, 1.82) is 0 Å². The molecular formula is C26H28FN3O3. The summed E-state index contributed by atoms with van der Waals surface area (Å²) in [5, 5.41) is 7.36. The molecule has 3 aromatic carbocycles. The zero-order valence-corrected chi connectivity index (χ0v) is 19.0. The maximum absolute atomic E-state index is 13.8. The van der Waals surface area contributed by atoms with Crippen molar-refractivity contribution in [2.75, 3.05) is 19.1 Å². The van der Waals surface area contributed by atoms with Gasteiger partial charge in [0.05, 0.1) is 19.7 Å². The molecule has 0 fully saturated rings. The fourth-order valence-corrected chi connectivity index (χ4v) is 4.30. The first-order valence-corrected chi connectivity index (χ1v) is 11.0. The van der Waals surface area contributed by atoms with Crippen LogP contribution in [0.25, 0.3) is 10.8 Å². The Morgan fingerprint density at radius 2 is 2.00 bits per heavy atom. The second-order valence-corrected chi connectivity index (χ2v) is 8.28. The maximum atomic E-state index is 13.8. The van der Waals surface area contributed by atoms with Gasteiger partial charge in [-0.2, -0.15) is 0 Å². The van der Waals surface area contributed by atoms with Crippen LogP contribution in [0.2, 0.25) is 0 Å². The Morgan fingerprint density at radius 1 is 1.21 bits per heavy atom. The number of nitrogens with zero attached hydrogens (tertiary/aromatic N) is 1. The van der Waals surface area contributed by atoms with Crippen LogP contribution in [0.4, 0.5) is 10.1 Å². The van der Waals surface area contributed by atoms with Crippen molar-refractivity contribution in [3.05, 3.63) is 71.5 Å². The number of ether oxygens (including phenoxy) is 1. The first-order valence-electron chi connectivity index (χ1n) is 11.0. The number of rotatable bonds is 6. The lowest BCUT2D eigenvalue weighted by atomic mass is 10.0. The number of carbonyl (C=O) groups is 2. The van der Waals surface area contributed by atoms with E-state index in [0.29, 0.717) is 18.6 Å². The summed E-state index contributed by atoms with van der Waals surface area (Å²) in [4.78, 5) is 28.0. The van der Waals surface area contributed by atoms with Gasteiger partial charge in [0.25, 0.3) is 0 Å². The number of halogens is 1. The Kier molecular flexibility index (Phi) is 6.60. The lowest BCUT2D eigenvalue weighted by Crippen LogP contribution is -2.52. The minimum absolute atomic E-state index is 0.183. The van der Waals surface area contributed by atoms with Crippen LogP contribution >= 0.6 is 0 Å². The third kappa shape index (κ3) is 4.54. The van der Waals surface area contributed by atoms with E-state index in [2.05, 4.69) is 10.6 Å². The second kappa shape index (κ2) is 9.58. The van der Waals surface area contributed by atoms with E-state index in [1.54, 1.807) is 44.2 Å². The van der Waals surface area contributed by atoms with Gasteiger partial charge in [-0.1, -0.05) is 30.3 Å². The van der Waals surface area contributed by atoms with Gasteiger partial charge in [-0.15, -0.1) is 0 Å². The highest BCUT2D eigenvalue weighted by molar-refractivity contribution is 6.01. The van der Waals surface area contributed by atoms with Crippen molar-refractivity contribution in [1.82, 2.24) is 10.6 Å². The number of hydrogen-bond donors (Lipinski definition) is 2. The minimum Gasteiger partial charge on any atom is -0.496 e. The number of likely N-dealkylation sites (N-methyl/N-ethyl adjacent to an activating group) is 1. The van der Waals surface area contributed by atoms with Gasteiger partial charge in [0.1, 0.15) is 17.6 Å². The third-order valence-electron chi connectivity index (χ3n) is 6.28. The number of aryl methyl sites for hydroxylation is 1. The standard InChI is InChI=1S/C26H28FN3O3/c1-16(28-2)25(31)29-22-12-8-17-6-4-5-7-23(17)30(26(22)32)15-21-20-11-10-19(27)14-18(20)9-13-24(21)33-3/h4-7,9-11,13-14,16,22,28H,8,12,15H2,1-3H3,(H,29,31)/t16-,22-/m0/s1. The van der Waals surface area contributed by atoms with Crippen LogP contribution in [-0.2, 0) is 22.6 Å². The molecule has 1 heterocycles. The number of amides is 2. The van der Waals surface area contributed by atoms with Crippen molar-refractivity contribution < 1.29 is 18.7 Å². The van der Waals surface area contributed by atoms with E-state index in [0.717, 1.165) is 27.6 Å². The lowest BCUT2D eigenvalue weighted by molar-refractivity contribution is -0.128. The first-order chi connectivity index (χ1) is 15.9. The number of methoxy groups -OCH3 is 1. The molecular weight excluding hydrogens is 421 g/mol. The quantitative estimate of drug-likeness (QED) is 0.604. The molecule has 1 aliphatic rings. The average Bonchev–Trinajstić information content (AvgIpc) is 2.95. The molecule has 0 saturated carbocycles. The number of hydrogen-bond acceptors (Lipinski definition) is 4. The molecule has 33 heavy (non-hydrogen) atoms. The molecule has 1 aliphatic heterocycles. The molecule has 3 aromatic rings. The Balaban J connectivity index is 1.77. The van der Waals surface area contributed by atoms with Crippen LogP contribution in [0.15, 0.2) is 54.6 Å². The van der Waals surface area contributed by atoms with Crippen molar-refractivity contribution >= 4 is 28.3 Å². The summed E-state index contributed by atoms with van der Waals surface area (Å²) in [6.07, 6.45) is 1.17. The van der Waals surface area contributed by atoms with Crippen molar-refractivity contribution in [2.45, 2.75) is 38.4 Å². The molecule has 4 rings (SSSR count). The molecule has 0 radical (unpaired) electrons. The topological polar surface area (TPSA) is 70.7 Å². The van der Waals surface area contributed by atoms with Gasteiger partial charge in [0.2, 0.25) is 11.8 Å². The number of para-hydroxylation sites is 1. The van der Waals surface area contributed by atoms with Gasteiger partial charge < -0.3 is 20.3 Å². The van der Waals surface area contributed by atoms with Gasteiger partial charge in [0, 0.05) is 11.3 Å². The molecule has 2 atom stereocenters. The highest BCUT2D eigenvalue weighted by Gasteiger charge is 2.32. The molecule has 6 nitrogen and oxygen atoms in total. The number of nitrogens with one attached hydrogen (secondary N) is 2. The fraction of sp³-hybridized carbons (Fsp3) is 0.308. The predicted molar refractivity (Wildman–Crippen MR) is 127 cm³/mol. The first kappa shape index (κ1) is 22.7. The summed E-state index contributed by atoms with van der Waals surface area (Å²) < 4.78 is 19.5. The maximum Gasteiger partial charge on any atom is 0.249 e. The van der Waals surface area contributed by atoms with Crippen molar-refractivity contribution in [2.24, 2.45) is 0 Å². The van der Waals surface area contributed by atoms with Crippen LogP contribution < -0.4 is 20.3 Å². The normalized spacial score (nSPS) is 16.8. The van der Waals surface area contributed by atoms with Crippen LogP contribution in [-0.4, -0.2) is 38.1 Å². The van der Waals surface area contributed by atoms with E-state index < -0.39 is 12.1 Å². The Hall–Kier alpha value is -3.45. The zero-order chi connectivity index (χ0) is 23.5. The Morgan fingerprint density at radius 3 is 2.76 bits per heavy atom. The number of benzene rings is 3. The summed E-state index contributed by atoms with van der Waals surface area (Å²) in [5.74, 6) is -0.109. The predicted octanol–water partition coefficient (Wildman–Crippen LogP) is 3.56. The minimum atomic E-state index is -0.654. The molecule has 0 spiro atoms. The lowest BCUT2D eigenvalue weighted by Gasteiger charge is -2.28. The molecule has 0 aromatic heterocycles. The summed E-state index contributed by atoms with van der Waals surface area (Å²) in [6, 6.07) is 14.9. The Labute approximate surface area is 192 Å². The Bertz CT molecular complexity index is 1200. The smallest absolute Gasteiger partial charge is 0.249 e. The molecule has 2 amide bonds. The highest BCUT2D eigenvalue weighted by atomic mass is 19.1. The van der Waals surface area contributed by atoms with E-state index in [9.17, 15) is 14.0 Å². The van der Waals surface area contributed by atoms with E-state index >= 15 is 0 Å². The average molecular weight is 450 g/mol. The SMILES string of the molecule is CN[C@@H](C)C(=O)N[C@H]1CCc2ccccc2N(Cc2c(OC)ccc3cc(F)ccc23)C1=O. The van der Waals surface area contributed by atoms with Crippen LogP contribution in [0.3, 0.4) is 0 Å². The molecule has 7 heteroatoms. The van der Waals surface area contributed by atoms with E-state index in [1.807, 2.05) is 24.3 Å². The second-order valence-electron chi connectivity index (χ2n) is 8.28. The van der Waals surface area contributed by atoms with E-state index in [1.165, 1.54) is 12.1 Å². The van der Waals surface area contributed by atoms with Gasteiger partial charge in [0.15, 0.2) is 0 Å². The van der Waals surface area contributed by atoms with Gasteiger partial charge >= 0.3 is 0 Å². The van der Waals surface area contributed by atoms with Gasteiger partial charge in [-0.05, 0) is 67.4 Å². The van der Waals surface area contributed by atoms with Gasteiger partial charge in [-0.3, -0.25) is 9.59 Å². The summed E-state index contributed by atoms with van der Waals surface area (Å²) in [6.45, 7) is 1.99. The number of fused-ring (bicyclic) bond motifs is 2. The van der Waals surface area contributed by atoms with Crippen LogP contribution in [0.1, 0.15) is 24.5 Å². The molecule has 0 unspecified atom stereocenters. The van der Waals surface area contributed by atoms with Gasteiger partial charge in [-0.25, -0.2) is 4.39 Å². The van der Waals surface area contributed by atoms with E-state index in [4.69, 9.17) is 4.74 Å². The fourth-order valence-electron chi connectivity index (χ4n) is 4.30. The summed E-state index contributed by atoms with van der Waals surface area (Å²) >= 11 is 0. The van der Waals surface area contributed by atoms with Crippen LogP contribution in [0, 0.1) is 5.82 Å². The van der Waals surface area contributed by atoms with Crippen LogP contribution in [0.5, 0.6) is 5.75 Å². The summed E-state index contributed by atoms with van der Waals surface area (Å²) in [5.41, 5.74) is 2.63. The number of carbonyl (C=O) groups excluding carboxylic acids is 2. The molecule has 0 aliphatic carbocycles.